The van der Waals surface area contributed by atoms with Gasteiger partial charge in [0, 0.05) is 35.6 Å². The van der Waals surface area contributed by atoms with E-state index in [1.54, 1.807) is 0 Å². The molecule has 0 atom stereocenters. The number of fused-ring (bicyclic) bond motifs is 1. The van der Waals surface area contributed by atoms with Crippen LogP contribution in [0.15, 0.2) is 110 Å². The van der Waals surface area contributed by atoms with E-state index in [-0.39, 0.29) is 0 Å². The number of para-hydroxylation sites is 1. The van der Waals surface area contributed by atoms with Crippen LogP contribution in [0.5, 0.6) is 0 Å². The van der Waals surface area contributed by atoms with Crippen molar-refractivity contribution >= 4 is 45.8 Å². The van der Waals surface area contributed by atoms with Gasteiger partial charge in [-0.25, -0.2) is 9.13 Å². The minimum absolute atomic E-state index is 1.07. The fraction of sp³-hybridized carbons (Fsp3) is 0.0667. The SMILES string of the molecule is C[n+]1ccc(Nc2ccc(/C=C/c3ccc(Nc4cc[n+](C)c5ccccc45)cc3)cc2)cc1. The summed E-state index contributed by atoms with van der Waals surface area (Å²) in [6.07, 6.45) is 10.4. The first-order valence-corrected chi connectivity index (χ1v) is 11.4. The molecule has 2 heterocycles. The minimum atomic E-state index is 1.07. The first kappa shape index (κ1) is 21.4. The molecule has 0 saturated carbocycles. The fourth-order valence-electron chi connectivity index (χ4n) is 3.93. The van der Waals surface area contributed by atoms with Crippen molar-refractivity contribution in [2.45, 2.75) is 0 Å². The maximum absolute atomic E-state index is 3.56. The highest BCUT2D eigenvalue weighted by Crippen LogP contribution is 2.25. The number of pyridine rings is 2. The van der Waals surface area contributed by atoms with Crippen molar-refractivity contribution in [3.8, 4) is 0 Å². The summed E-state index contributed by atoms with van der Waals surface area (Å²) in [4.78, 5) is 0. The lowest BCUT2D eigenvalue weighted by Gasteiger charge is -2.09. The summed E-state index contributed by atoms with van der Waals surface area (Å²) in [6, 6.07) is 31.6. The van der Waals surface area contributed by atoms with Gasteiger partial charge in [-0.05, 0) is 41.5 Å². The van der Waals surface area contributed by atoms with Crippen LogP contribution in [-0.4, -0.2) is 0 Å². The van der Waals surface area contributed by atoms with Crippen molar-refractivity contribution in [2.75, 3.05) is 10.6 Å². The maximum Gasteiger partial charge on any atom is 0.214 e. The van der Waals surface area contributed by atoms with Crippen LogP contribution >= 0.6 is 0 Å². The Labute approximate surface area is 200 Å². The first-order valence-electron chi connectivity index (χ1n) is 11.4. The molecule has 0 aliphatic carbocycles. The van der Waals surface area contributed by atoms with Gasteiger partial charge < -0.3 is 10.6 Å². The summed E-state index contributed by atoms with van der Waals surface area (Å²) >= 11 is 0. The van der Waals surface area contributed by atoms with Crippen LogP contribution in [0, 0.1) is 0 Å². The van der Waals surface area contributed by atoms with Crippen molar-refractivity contribution in [1.82, 2.24) is 0 Å². The molecule has 3 aromatic carbocycles. The van der Waals surface area contributed by atoms with E-state index < -0.39 is 0 Å². The Bertz CT molecular complexity index is 1430. The number of benzene rings is 3. The van der Waals surface area contributed by atoms with E-state index in [0.717, 1.165) is 33.9 Å². The van der Waals surface area contributed by atoms with Crippen molar-refractivity contribution < 1.29 is 9.13 Å². The second-order valence-electron chi connectivity index (χ2n) is 8.44. The number of nitrogens with zero attached hydrogens (tertiary/aromatic N) is 2. The lowest BCUT2D eigenvalue weighted by atomic mass is 10.1. The van der Waals surface area contributed by atoms with Gasteiger partial charge in [0.15, 0.2) is 18.6 Å². The Balaban J connectivity index is 1.24. The molecule has 0 unspecified atom stereocenters. The Morgan fingerprint density at radius 2 is 1.12 bits per heavy atom. The van der Waals surface area contributed by atoms with E-state index >= 15 is 0 Å². The predicted octanol–water partition coefficient (Wildman–Crippen LogP) is 6.15. The number of aromatic nitrogens is 2. The number of anilines is 4. The van der Waals surface area contributed by atoms with Crippen LogP contribution in [0.1, 0.15) is 11.1 Å². The van der Waals surface area contributed by atoms with Gasteiger partial charge in [-0.15, -0.1) is 0 Å². The number of nitrogens with one attached hydrogen (secondary N) is 2. The average Bonchev–Trinajstić information content (AvgIpc) is 2.88. The first-order chi connectivity index (χ1) is 16.6. The standard InChI is InChI=1S/C30H26N4/c1-33-20-17-27(18-21-33)31-25-13-9-23(10-14-25)7-8-24-11-15-26(16-12-24)32-29-19-22-34(2)30-6-4-3-5-28(29)30/h3-22H,1-2H3/p+2/b8-7+. The lowest BCUT2D eigenvalue weighted by molar-refractivity contribution is -0.671. The summed E-state index contributed by atoms with van der Waals surface area (Å²) in [5.74, 6) is 0. The van der Waals surface area contributed by atoms with E-state index in [2.05, 4.69) is 132 Å². The van der Waals surface area contributed by atoms with Gasteiger partial charge in [-0.3, -0.25) is 0 Å². The van der Waals surface area contributed by atoms with Crippen LogP contribution in [0.2, 0.25) is 0 Å². The largest absolute Gasteiger partial charge is 0.355 e. The Morgan fingerprint density at radius 3 is 1.76 bits per heavy atom. The van der Waals surface area contributed by atoms with Crippen LogP contribution in [-0.2, 0) is 14.1 Å². The van der Waals surface area contributed by atoms with Crippen LogP contribution < -0.4 is 19.8 Å². The van der Waals surface area contributed by atoms with Gasteiger partial charge in [0.1, 0.15) is 14.1 Å². The quantitative estimate of drug-likeness (QED) is 0.243. The summed E-state index contributed by atoms with van der Waals surface area (Å²) in [6.45, 7) is 0. The molecule has 0 fully saturated rings. The molecule has 0 aliphatic rings. The topological polar surface area (TPSA) is 31.8 Å². The van der Waals surface area contributed by atoms with E-state index in [4.69, 9.17) is 0 Å². The predicted molar refractivity (Wildman–Crippen MR) is 141 cm³/mol. The fourth-order valence-corrected chi connectivity index (χ4v) is 3.93. The minimum Gasteiger partial charge on any atom is -0.355 e. The third-order valence-corrected chi connectivity index (χ3v) is 5.87. The van der Waals surface area contributed by atoms with E-state index in [9.17, 15) is 0 Å². The molecule has 0 spiro atoms. The number of hydrogen-bond acceptors (Lipinski definition) is 2. The smallest absolute Gasteiger partial charge is 0.214 e. The lowest BCUT2D eigenvalue weighted by Crippen LogP contribution is -2.28. The second-order valence-corrected chi connectivity index (χ2v) is 8.44. The molecule has 166 valence electrons. The molecule has 4 heteroatoms. The molecule has 34 heavy (non-hydrogen) atoms. The summed E-state index contributed by atoms with van der Waals surface area (Å²) in [5.41, 5.74) is 7.85. The van der Waals surface area contributed by atoms with Gasteiger partial charge in [0.05, 0.1) is 16.8 Å². The van der Waals surface area contributed by atoms with Crippen molar-refractivity contribution in [3.05, 3.63) is 121 Å². The van der Waals surface area contributed by atoms with Gasteiger partial charge in [-0.1, -0.05) is 48.6 Å². The molecule has 0 bridgehead atoms. The summed E-state index contributed by atoms with van der Waals surface area (Å²) in [5, 5.41) is 8.19. The van der Waals surface area contributed by atoms with Crippen LogP contribution in [0.4, 0.5) is 22.7 Å². The molecule has 2 N–H and O–H groups in total. The third-order valence-electron chi connectivity index (χ3n) is 5.87. The number of hydrogen-bond donors (Lipinski definition) is 2. The van der Waals surface area contributed by atoms with E-state index in [1.165, 1.54) is 10.9 Å². The molecule has 2 aromatic heterocycles. The van der Waals surface area contributed by atoms with Crippen molar-refractivity contribution in [1.29, 1.82) is 0 Å². The average molecular weight is 445 g/mol. The maximum atomic E-state index is 3.56. The number of rotatable bonds is 6. The monoisotopic (exact) mass is 444 g/mol. The van der Waals surface area contributed by atoms with Crippen molar-refractivity contribution in [3.63, 3.8) is 0 Å². The molecule has 4 nitrogen and oxygen atoms in total. The zero-order valence-electron chi connectivity index (χ0n) is 19.4. The molecule has 5 rings (SSSR count). The highest BCUT2D eigenvalue weighted by molar-refractivity contribution is 5.91. The molecule has 0 amide bonds. The Hall–Kier alpha value is -4.44. The summed E-state index contributed by atoms with van der Waals surface area (Å²) < 4.78 is 4.16. The molecule has 0 aliphatic heterocycles. The number of aryl methyl sites for hydroxylation is 2. The van der Waals surface area contributed by atoms with Crippen LogP contribution in [0.25, 0.3) is 23.1 Å². The Morgan fingerprint density at radius 1 is 0.559 bits per heavy atom. The highest BCUT2D eigenvalue weighted by atomic mass is 14.9. The van der Waals surface area contributed by atoms with Gasteiger partial charge >= 0.3 is 0 Å². The molecule has 0 saturated heterocycles. The van der Waals surface area contributed by atoms with E-state index in [1.807, 2.05) is 24.0 Å². The van der Waals surface area contributed by atoms with Crippen LogP contribution in [0.3, 0.4) is 0 Å². The van der Waals surface area contributed by atoms with Gasteiger partial charge in [-0.2, -0.15) is 0 Å². The Kier molecular flexibility index (Phi) is 6.04. The summed E-state index contributed by atoms with van der Waals surface area (Å²) in [7, 11) is 4.08. The molecule has 5 aromatic rings. The van der Waals surface area contributed by atoms with Crippen molar-refractivity contribution in [2.24, 2.45) is 14.1 Å². The zero-order valence-corrected chi connectivity index (χ0v) is 19.4. The zero-order chi connectivity index (χ0) is 23.3. The second kappa shape index (κ2) is 9.59. The van der Waals surface area contributed by atoms with E-state index in [0.29, 0.717) is 0 Å². The third kappa shape index (κ3) is 4.97. The molecule has 0 radical (unpaired) electrons. The normalized spacial score (nSPS) is 11.1. The highest BCUT2D eigenvalue weighted by Gasteiger charge is 2.08. The van der Waals surface area contributed by atoms with Gasteiger partial charge in [0.2, 0.25) is 5.52 Å². The molecular formula is C30H28N4+2. The van der Waals surface area contributed by atoms with Gasteiger partial charge in [0.25, 0.3) is 0 Å². The molecular weight excluding hydrogens is 416 g/mol.